The molecule has 9 heteroatoms. The summed E-state index contributed by atoms with van der Waals surface area (Å²) in [5, 5.41) is 18.4. The molecule has 0 fully saturated rings. The standard InChI is InChI=1S/C14H19NO7S/c1-8-5-10(12(16)22-4)6-11(9(8)2)23(20,21)15-7-14(3,19)13(17)18/h5-6,15,19H,7H2,1-4H3,(H,17,18). The van der Waals surface area contributed by atoms with Crippen LogP contribution < -0.4 is 4.72 Å². The van der Waals surface area contributed by atoms with Crippen LogP contribution in [0, 0.1) is 13.8 Å². The Labute approximate surface area is 134 Å². The highest BCUT2D eigenvalue weighted by Gasteiger charge is 2.32. The van der Waals surface area contributed by atoms with E-state index in [2.05, 4.69) is 4.74 Å². The van der Waals surface area contributed by atoms with E-state index in [1.807, 2.05) is 4.72 Å². The molecule has 0 spiro atoms. The summed E-state index contributed by atoms with van der Waals surface area (Å²) in [6.45, 7) is 3.45. The third-order valence-corrected chi connectivity index (χ3v) is 4.92. The lowest BCUT2D eigenvalue weighted by molar-refractivity contribution is -0.155. The minimum atomic E-state index is -4.13. The lowest BCUT2D eigenvalue weighted by Gasteiger charge is -2.19. The topological polar surface area (TPSA) is 130 Å². The number of aliphatic carboxylic acids is 1. The molecule has 0 aliphatic rings. The predicted molar refractivity (Wildman–Crippen MR) is 80.7 cm³/mol. The molecule has 1 aromatic rings. The van der Waals surface area contributed by atoms with E-state index >= 15 is 0 Å². The largest absolute Gasteiger partial charge is 0.479 e. The highest BCUT2D eigenvalue weighted by Crippen LogP contribution is 2.22. The molecule has 23 heavy (non-hydrogen) atoms. The van der Waals surface area contributed by atoms with Gasteiger partial charge in [0.1, 0.15) is 0 Å². The fourth-order valence-corrected chi connectivity index (χ4v) is 3.20. The van der Waals surface area contributed by atoms with E-state index in [0.29, 0.717) is 11.1 Å². The third-order valence-electron chi connectivity index (χ3n) is 3.40. The summed E-state index contributed by atoms with van der Waals surface area (Å²) in [6.07, 6.45) is 0. The molecule has 0 saturated heterocycles. The van der Waals surface area contributed by atoms with Crippen LogP contribution in [0.3, 0.4) is 0 Å². The number of aryl methyl sites for hydroxylation is 1. The maximum absolute atomic E-state index is 12.4. The Morgan fingerprint density at radius 3 is 2.35 bits per heavy atom. The molecule has 0 bridgehead atoms. The van der Waals surface area contributed by atoms with Crippen LogP contribution in [0.25, 0.3) is 0 Å². The van der Waals surface area contributed by atoms with Crippen molar-refractivity contribution in [2.75, 3.05) is 13.7 Å². The van der Waals surface area contributed by atoms with E-state index < -0.39 is 34.1 Å². The number of nitrogens with one attached hydrogen (secondary N) is 1. The second kappa shape index (κ2) is 6.65. The molecule has 1 aromatic carbocycles. The number of methoxy groups -OCH3 is 1. The Balaban J connectivity index is 3.25. The van der Waals surface area contributed by atoms with Gasteiger partial charge in [0.2, 0.25) is 10.0 Å². The van der Waals surface area contributed by atoms with Gasteiger partial charge in [-0.15, -0.1) is 0 Å². The lowest BCUT2D eigenvalue weighted by Crippen LogP contribution is -2.46. The maximum Gasteiger partial charge on any atom is 0.337 e. The van der Waals surface area contributed by atoms with Crippen molar-refractivity contribution in [1.29, 1.82) is 0 Å². The van der Waals surface area contributed by atoms with Gasteiger partial charge in [0, 0.05) is 0 Å². The molecular weight excluding hydrogens is 326 g/mol. The van der Waals surface area contributed by atoms with Crippen molar-refractivity contribution in [3.05, 3.63) is 28.8 Å². The molecule has 128 valence electrons. The molecule has 0 saturated carbocycles. The monoisotopic (exact) mass is 345 g/mol. The summed E-state index contributed by atoms with van der Waals surface area (Å²) in [5.41, 5.74) is -1.24. The number of benzene rings is 1. The molecule has 0 aliphatic carbocycles. The van der Waals surface area contributed by atoms with Crippen molar-refractivity contribution < 1.29 is 33.0 Å². The van der Waals surface area contributed by atoms with Gasteiger partial charge in [-0.05, 0) is 44.0 Å². The molecular formula is C14H19NO7S. The molecule has 0 amide bonds. The van der Waals surface area contributed by atoms with E-state index in [1.165, 1.54) is 13.2 Å². The zero-order valence-corrected chi connectivity index (χ0v) is 14.0. The predicted octanol–water partition coefficient (Wildman–Crippen LogP) is 0.204. The Kier molecular flexibility index (Phi) is 5.51. The Morgan fingerprint density at radius 2 is 1.87 bits per heavy atom. The molecule has 0 aliphatic heterocycles. The van der Waals surface area contributed by atoms with Gasteiger partial charge in [0.15, 0.2) is 5.60 Å². The molecule has 1 rings (SSSR count). The van der Waals surface area contributed by atoms with E-state index in [1.54, 1.807) is 13.8 Å². The highest BCUT2D eigenvalue weighted by molar-refractivity contribution is 7.89. The second-order valence-corrected chi connectivity index (χ2v) is 7.05. The fourth-order valence-electron chi connectivity index (χ4n) is 1.73. The number of hydrogen-bond acceptors (Lipinski definition) is 6. The molecule has 1 atom stereocenters. The normalized spacial score (nSPS) is 14.1. The van der Waals surface area contributed by atoms with Gasteiger partial charge in [-0.25, -0.2) is 22.7 Å². The van der Waals surface area contributed by atoms with Crippen molar-refractivity contribution >= 4 is 22.0 Å². The molecule has 0 aromatic heterocycles. The molecule has 8 nitrogen and oxygen atoms in total. The lowest BCUT2D eigenvalue weighted by atomic mass is 10.1. The Morgan fingerprint density at radius 1 is 1.30 bits per heavy atom. The van der Waals surface area contributed by atoms with Crippen molar-refractivity contribution in [3.8, 4) is 0 Å². The highest BCUT2D eigenvalue weighted by atomic mass is 32.2. The van der Waals surface area contributed by atoms with Crippen molar-refractivity contribution in [2.45, 2.75) is 31.3 Å². The number of carbonyl (C=O) groups excluding carboxylic acids is 1. The van der Waals surface area contributed by atoms with E-state index in [9.17, 15) is 23.1 Å². The van der Waals surface area contributed by atoms with E-state index in [0.717, 1.165) is 13.0 Å². The first kappa shape index (κ1) is 19.1. The van der Waals surface area contributed by atoms with E-state index in [4.69, 9.17) is 5.11 Å². The van der Waals surface area contributed by atoms with Crippen LogP contribution in [-0.2, 0) is 19.6 Å². The summed E-state index contributed by atoms with van der Waals surface area (Å²) in [7, 11) is -2.95. The molecule has 1 unspecified atom stereocenters. The summed E-state index contributed by atoms with van der Waals surface area (Å²) in [5.74, 6) is -2.25. The molecule has 3 N–H and O–H groups in total. The van der Waals surface area contributed by atoms with Crippen LogP contribution in [0.5, 0.6) is 0 Å². The first-order valence-corrected chi connectivity index (χ1v) is 8.05. The van der Waals surface area contributed by atoms with Crippen molar-refractivity contribution in [1.82, 2.24) is 4.72 Å². The Bertz CT molecular complexity index is 738. The van der Waals surface area contributed by atoms with Gasteiger partial charge >= 0.3 is 11.9 Å². The minimum absolute atomic E-state index is 0.0565. The van der Waals surface area contributed by atoms with Gasteiger partial charge in [-0.1, -0.05) is 0 Å². The average Bonchev–Trinajstić information content (AvgIpc) is 2.46. The van der Waals surface area contributed by atoms with Crippen LogP contribution in [0.1, 0.15) is 28.4 Å². The first-order valence-electron chi connectivity index (χ1n) is 6.57. The van der Waals surface area contributed by atoms with E-state index in [-0.39, 0.29) is 10.5 Å². The smallest absolute Gasteiger partial charge is 0.337 e. The number of sulfonamides is 1. The number of carboxylic acids is 1. The third kappa shape index (κ3) is 4.27. The number of ether oxygens (including phenoxy) is 1. The number of carbonyl (C=O) groups is 2. The Hall–Kier alpha value is -1.97. The SMILES string of the molecule is COC(=O)c1cc(C)c(C)c(S(=O)(=O)NCC(C)(O)C(=O)O)c1. The number of rotatable bonds is 6. The van der Waals surface area contributed by atoms with Crippen LogP contribution in [0.4, 0.5) is 0 Å². The van der Waals surface area contributed by atoms with Crippen LogP contribution in [0.15, 0.2) is 17.0 Å². The summed E-state index contributed by atoms with van der Waals surface area (Å²) >= 11 is 0. The van der Waals surface area contributed by atoms with Gasteiger partial charge in [0.05, 0.1) is 24.1 Å². The molecule has 0 heterocycles. The summed E-state index contributed by atoms with van der Waals surface area (Å²) in [4.78, 5) is 22.3. The van der Waals surface area contributed by atoms with Crippen molar-refractivity contribution in [3.63, 3.8) is 0 Å². The van der Waals surface area contributed by atoms with Crippen molar-refractivity contribution in [2.24, 2.45) is 0 Å². The number of aliphatic hydroxyl groups is 1. The van der Waals surface area contributed by atoms with Gasteiger partial charge in [-0.3, -0.25) is 0 Å². The van der Waals surface area contributed by atoms with Crippen LogP contribution >= 0.6 is 0 Å². The van der Waals surface area contributed by atoms with Crippen LogP contribution in [0.2, 0.25) is 0 Å². The zero-order chi connectivity index (χ0) is 18.0. The minimum Gasteiger partial charge on any atom is -0.479 e. The molecule has 0 radical (unpaired) electrons. The summed E-state index contributed by atoms with van der Waals surface area (Å²) < 4.78 is 31.4. The maximum atomic E-state index is 12.4. The second-order valence-electron chi connectivity index (χ2n) is 5.31. The number of esters is 1. The zero-order valence-electron chi connectivity index (χ0n) is 13.2. The fraction of sp³-hybridized carbons (Fsp3) is 0.429. The van der Waals surface area contributed by atoms with Gasteiger partial charge in [-0.2, -0.15) is 0 Å². The quantitative estimate of drug-likeness (QED) is 0.628. The van der Waals surface area contributed by atoms with Crippen LogP contribution in [-0.4, -0.2) is 49.8 Å². The van der Waals surface area contributed by atoms with Gasteiger partial charge < -0.3 is 14.9 Å². The number of carboxylic acid groups (broad SMARTS) is 1. The average molecular weight is 345 g/mol. The van der Waals surface area contributed by atoms with Gasteiger partial charge in [0.25, 0.3) is 0 Å². The first-order chi connectivity index (χ1) is 10.4. The summed E-state index contributed by atoms with van der Waals surface area (Å²) in [6, 6.07) is 2.64. The number of hydrogen-bond donors (Lipinski definition) is 3.